The molecule has 0 saturated carbocycles. The van der Waals surface area contributed by atoms with E-state index in [1.54, 1.807) is 6.33 Å². The Kier molecular flexibility index (Phi) is 1.74. The van der Waals surface area contributed by atoms with Crippen LogP contribution in [0.1, 0.15) is 19.2 Å². The predicted octanol–water partition coefficient (Wildman–Crippen LogP) is 1.11. The third kappa shape index (κ3) is 1.15. The third-order valence-electron chi connectivity index (χ3n) is 1.62. The smallest absolute Gasteiger partial charge is 0.161 e. The van der Waals surface area contributed by atoms with Gasteiger partial charge >= 0.3 is 0 Å². The highest BCUT2D eigenvalue weighted by Gasteiger charge is 2.00. The lowest BCUT2D eigenvalue weighted by Crippen LogP contribution is -1.93. The average Bonchev–Trinajstić information content (AvgIpc) is 2.51. The zero-order valence-corrected chi connectivity index (χ0v) is 6.83. The number of H-pyrrole nitrogens is 1. The van der Waals surface area contributed by atoms with Crippen molar-refractivity contribution in [2.45, 2.75) is 19.8 Å². The Balaban J connectivity index is 2.46. The highest BCUT2D eigenvalue weighted by atomic mass is 15.0. The summed E-state index contributed by atoms with van der Waals surface area (Å²) < 4.78 is 0. The fourth-order valence-corrected chi connectivity index (χ4v) is 1.06. The first-order valence-corrected chi connectivity index (χ1v) is 3.98. The van der Waals surface area contributed by atoms with Crippen molar-refractivity contribution in [2.75, 3.05) is 0 Å². The van der Waals surface area contributed by atoms with Crippen LogP contribution in [-0.4, -0.2) is 19.9 Å². The minimum Gasteiger partial charge on any atom is -0.329 e. The Morgan fingerprint density at radius 1 is 1.58 bits per heavy atom. The minimum absolute atomic E-state index is 0.704. The molecule has 0 aliphatic carbocycles. The number of hydrogen-bond donors (Lipinski definition) is 1. The van der Waals surface area contributed by atoms with Gasteiger partial charge in [0.1, 0.15) is 17.5 Å². The summed E-state index contributed by atoms with van der Waals surface area (Å²) in [6.45, 7) is 2.10. The van der Waals surface area contributed by atoms with Crippen molar-refractivity contribution >= 4 is 11.2 Å². The quantitative estimate of drug-likeness (QED) is 0.717. The molecule has 2 aromatic heterocycles. The number of imidazole rings is 1. The molecule has 4 heteroatoms. The Hall–Kier alpha value is -1.45. The third-order valence-corrected chi connectivity index (χ3v) is 1.62. The monoisotopic (exact) mass is 161 g/mol. The Morgan fingerprint density at radius 2 is 2.50 bits per heavy atom. The lowest BCUT2D eigenvalue weighted by molar-refractivity contribution is 0.841. The van der Waals surface area contributed by atoms with Gasteiger partial charge in [0.2, 0.25) is 0 Å². The maximum Gasteiger partial charge on any atom is 0.161 e. The molecule has 2 aromatic rings. The summed E-state index contributed by atoms with van der Waals surface area (Å²) in [5.41, 5.74) is 1.48. The molecule has 0 spiro atoms. The molecule has 0 bridgehead atoms. The topological polar surface area (TPSA) is 54.5 Å². The van der Waals surface area contributed by atoms with Crippen molar-refractivity contribution in [3.8, 4) is 0 Å². The lowest BCUT2D eigenvalue weighted by atomic mass is 10.3. The molecule has 1 radical (unpaired) electrons. The van der Waals surface area contributed by atoms with Crippen LogP contribution in [0.2, 0.25) is 0 Å². The molecule has 2 rings (SSSR count). The van der Waals surface area contributed by atoms with Crippen molar-refractivity contribution in [3.63, 3.8) is 0 Å². The Labute approximate surface area is 70.1 Å². The number of nitrogens with zero attached hydrogens (tertiary/aromatic N) is 3. The highest BCUT2D eigenvalue weighted by Crippen LogP contribution is 2.04. The number of fused-ring (bicyclic) bond motifs is 1. The minimum atomic E-state index is 0.704. The standard InChI is InChI=1S/C8H9N4/c1-2-3-7-9-4-6-8(12-7)11-5-10-6/h5H,2-3H2,1H3,(H,9,10,11,12). The number of aryl methyl sites for hydroxylation is 1. The van der Waals surface area contributed by atoms with Crippen LogP contribution in [0.15, 0.2) is 6.33 Å². The summed E-state index contributed by atoms with van der Waals surface area (Å²) in [4.78, 5) is 15.2. The van der Waals surface area contributed by atoms with E-state index < -0.39 is 0 Å². The molecule has 12 heavy (non-hydrogen) atoms. The molecule has 1 N–H and O–H groups in total. The molecule has 4 nitrogen and oxygen atoms in total. The molecule has 0 atom stereocenters. The van der Waals surface area contributed by atoms with Gasteiger partial charge in [0.15, 0.2) is 5.65 Å². The van der Waals surface area contributed by atoms with Gasteiger partial charge in [-0.3, -0.25) is 0 Å². The van der Waals surface area contributed by atoms with Crippen molar-refractivity contribution < 1.29 is 0 Å². The molecule has 0 aromatic carbocycles. The molecule has 0 aliphatic rings. The number of rotatable bonds is 2. The van der Waals surface area contributed by atoms with Gasteiger partial charge in [-0.2, -0.15) is 0 Å². The first-order valence-electron chi connectivity index (χ1n) is 3.98. The lowest BCUT2D eigenvalue weighted by Gasteiger charge is -1.93. The van der Waals surface area contributed by atoms with Crippen LogP contribution < -0.4 is 0 Å². The van der Waals surface area contributed by atoms with E-state index in [4.69, 9.17) is 0 Å². The molecule has 0 fully saturated rings. The molecule has 0 aliphatic heterocycles. The maximum atomic E-state index is 4.26. The van der Waals surface area contributed by atoms with Gasteiger partial charge < -0.3 is 4.98 Å². The second-order valence-electron chi connectivity index (χ2n) is 2.60. The van der Waals surface area contributed by atoms with Crippen LogP contribution >= 0.6 is 0 Å². The molecule has 0 amide bonds. The fraction of sp³-hybridized carbons (Fsp3) is 0.375. The van der Waals surface area contributed by atoms with Gasteiger partial charge in [-0.15, -0.1) is 0 Å². The van der Waals surface area contributed by atoms with E-state index in [9.17, 15) is 0 Å². The second kappa shape index (κ2) is 2.89. The van der Waals surface area contributed by atoms with Crippen molar-refractivity contribution in [1.82, 2.24) is 19.9 Å². The normalized spacial score (nSPS) is 10.8. The summed E-state index contributed by atoms with van der Waals surface area (Å²) in [5, 5.41) is 0. The molecule has 2 heterocycles. The molecule has 0 saturated heterocycles. The van der Waals surface area contributed by atoms with Gasteiger partial charge in [-0.05, 0) is 6.42 Å². The summed E-state index contributed by atoms with van der Waals surface area (Å²) in [5.74, 6) is 0.828. The van der Waals surface area contributed by atoms with E-state index in [0.29, 0.717) is 5.52 Å². The summed E-state index contributed by atoms with van der Waals surface area (Å²) in [6, 6.07) is 0. The number of nitrogens with one attached hydrogen (secondary N) is 1. The largest absolute Gasteiger partial charge is 0.329 e. The Bertz CT molecular complexity index is 379. The zero-order valence-electron chi connectivity index (χ0n) is 6.83. The zero-order chi connectivity index (χ0) is 8.39. The van der Waals surface area contributed by atoms with Crippen LogP contribution in [0.25, 0.3) is 11.2 Å². The second-order valence-corrected chi connectivity index (χ2v) is 2.60. The van der Waals surface area contributed by atoms with Crippen molar-refractivity contribution in [1.29, 1.82) is 0 Å². The summed E-state index contributed by atoms with van der Waals surface area (Å²) in [6.07, 6.45) is 6.38. The molecular weight excluding hydrogens is 152 g/mol. The first-order chi connectivity index (χ1) is 5.90. The van der Waals surface area contributed by atoms with E-state index in [-0.39, 0.29) is 0 Å². The average molecular weight is 161 g/mol. The van der Waals surface area contributed by atoms with Crippen LogP contribution in [0, 0.1) is 6.20 Å². The van der Waals surface area contributed by atoms with E-state index >= 15 is 0 Å². The van der Waals surface area contributed by atoms with Gasteiger partial charge in [-0.1, -0.05) is 6.92 Å². The van der Waals surface area contributed by atoms with Crippen LogP contribution in [0.3, 0.4) is 0 Å². The maximum absolute atomic E-state index is 4.26. The van der Waals surface area contributed by atoms with E-state index in [2.05, 4.69) is 33.1 Å². The SMILES string of the molecule is CCCc1n[c]c2nc[nH]c2n1. The van der Waals surface area contributed by atoms with E-state index in [1.165, 1.54) is 0 Å². The van der Waals surface area contributed by atoms with Gasteiger partial charge in [0.25, 0.3) is 0 Å². The number of aromatic amines is 1. The van der Waals surface area contributed by atoms with Gasteiger partial charge in [0.05, 0.1) is 6.33 Å². The molecule has 61 valence electrons. The van der Waals surface area contributed by atoms with E-state index in [0.717, 1.165) is 24.3 Å². The summed E-state index contributed by atoms with van der Waals surface area (Å²) in [7, 11) is 0. The number of hydrogen-bond acceptors (Lipinski definition) is 3. The fourth-order valence-electron chi connectivity index (χ4n) is 1.06. The van der Waals surface area contributed by atoms with Gasteiger partial charge in [0, 0.05) is 6.42 Å². The number of aromatic nitrogens is 4. The van der Waals surface area contributed by atoms with E-state index in [1.807, 2.05) is 0 Å². The van der Waals surface area contributed by atoms with Crippen molar-refractivity contribution in [2.24, 2.45) is 0 Å². The predicted molar refractivity (Wildman–Crippen MR) is 44.5 cm³/mol. The van der Waals surface area contributed by atoms with Crippen LogP contribution in [0.4, 0.5) is 0 Å². The Morgan fingerprint density at radius 3 is 3.33 bits per heavy atom. The van der Waals surface area contributed by atoms with Crippen molar-refractivity contribution in [3.05, 3.63) is 18.3 Å². The molecular formula is C8H9N4. The van der Waals surface area contributed by atoms with Crippen LogP contribution in [0.5, 0.6) is 0 Å². The van der Waals surface area contributed by atoms with Gasteiger partial charge in [-0.25, -0.2) is 15.0 Å². The van der Waals surface area contributed by atoms with Crippen LogP contribution in [-0.2, 0) is 6.42 Å². The highest BCUT2D eigenvalue weighted by molar-refractivity contribution is 5.67. The summed E-state index contributed by atoms with van der Waals surface area (Å²) >= 11 is 0. The first kappa shape index (κ1) is 7.21. The molecule has 0 unspecified atom stereocenters.